The van der Waals surface area contributed by atoms with Gasteiger partial charge in [-0.05, 0) is 64.2 Å². The average Bonchev–Trinajstić information content (AvgIpc) is 3.49. The van der Waals surface area contributed by atoms with Gasteiger partial charge in [0, 0.05) is 43.9 Å². The summed E-state index contributed by atoms with van der Waals surface area (Å²) in [4.78, 5) is 59.1. The molecule has 8 atom stereocenters. The number of phosphoric acid groups is 1. The largest absolute Gasteiger partial charge is 0.480 e. The van der Waals surface area contributed by atoms with Gasteiger partial charge in [0.15, 0.2) is 6.10 Å². The first-order valence-electron chi connectivity index (χ1n) is 22.8. The number of esters is 2. The normalized spacial score (nSPS) is 20.6. The summed E-state index contributed by atoms with van der Waals surface area (Å²) in [5.74, 6) is -3.87. The van der Waals surface area contributed by atoms with Crippen LogP contribution in [0.2, 0.25) is 0 Å². The zero-order valence-corrected chi connectivity index (χ0v) is 38.2. The van der Waals surface area contributed by atoms with E-state index < -0.39 is 87.8 Å². The molecular weight excluding hydrogens is 821 g/mol. The van der Waals surface area contributed by atoms with Crippen LogP contribution < -0.4 is 5.73 Å². The molecule has 1 unspecified atom stereocenters. The number of ketones is 1. The first-order valence-corrected chi connectivity index (χ1v) is 24.3. The number of ether oxygens (including phenoxy) is 2. The molecule has 0 aromatic carbocycles. The van der Waals surface area contributed by atoms with Crippen LogP contribution in [-0.4, -0.2) is 99.3 Å². The van der Waals surface area contributed by atoms with Crippen molar-refractivity contribution in [1.29, 1.82) is 0 Å². The number of carbonyl (C=O) groups is 4. The molecule has 0 amide bonds. The average molecular weight is 900 g/mol. The van der Waals surface area contributed by atoms with Gasteiger partial charge in [-0.3, -0.25) is 28.2 Å². The summed E-state index contributed by atoms with van der Waals surface area (Å²) >= 11 is 0. The van der Waals surface area contributed by atoms with Gasteiger partial charge in [0.25, 0.3) is 0 Å². The van der Waals surface area contributed by atoms with Gasteiger partial charge in [-0.15, -0.1) is 0 Å². The van der Waals surface area contributed by atoms with Gasteiger partial charge in [-0.1, -0.05) is 107 Å². The van der Waals surface area contributed by atoms with Crippen molar-refractivity contribution in [2.45, 2.75) is 186 Å². The van der Waals surface area contributed by atoms with Gasteiger partial charge in [-0.2, -0.15) is 0 Å². The molecule has 7 N–H and O–H groups in total. The van der Waals surface area contributed by atoms with E-state index >= 15 is 0 Å². The number of aliphatic hydroxyl groups is 3. The Kier molecular flexibility index (Phi) is 32.5. The molecule has 0 saturated heterocycles. The number of hydrogen-bond donors (Lipinski definition) is 6. The second-order valence-electron chi connectivity index (χ2n) is 16.1. The number of aliphatic carboxylic acids is 1. The number of nitrogens with two attached hydrogens (primary N) is 1. The Morgan fingerprint density at radius 2 is 1.29 bits per heavy atom. The Morgan fingerprint density at radius 3 is 1.95 bits per heavy atom. The standard InChI is InChI=1S/C46H78NO14P/c1-3-5-7-8-9-10-11-12-13-14-15-16-17-18-19-20-22-27-44(52)58-33-38(34-59-62(56,57)60-35-41(47)46(54)55)61-45(53)28-24-23-26-37(49)31-40-39(42(50)32-43(40)51)30-29-36(48)25-21-6-4-2/h9-10,12-13,15-16,29-30,36,38-43,48,50-51H,3-8,11,14,17-28,31-35,47H2,1-2H3,(H,54,55)(H,56,57)/b10-9-,13-12-,16-15-,30-29+/t36-,38+,39+,40+,41-,42+,43-/m0/s1. The van der Waals surface area contributed by atoms with Gasteiger partial charge in [-0.25, -0.2) is 4.57 Å². The predicted octanol–water partition coefficient (Wildman–Crippen LogP) is 7.73. The van der Waals surface area contributed by atoms with Gasteiger partial charge in [0.05, 0.1) is 31.5 Å². The van der Waals surface area contributed by atoms with E-state index in [1.165, 1.54) is 19.3 Å². The Hall–Kier alpha value is -3.01. The number of aliphatic hydroxyl groups excluding tert-OH is 3. The number of unbranched alkanes of at least 4 members (excludes halogenated alkanes) is 10. The minimum absolute atomic E-state index is 0.0301. The number of rotatable bonds is 38. The zero-order chi connectivity index (χ0) is 46.0. The predicted molar refractivity (Wildman–Crippen MR) is 238 cm³/mol. The number of carboxylic acid groups (broad SMARTS) is 1. The third kappa shape index (κ3) is 29.4. The van der Waals surface area contributed by atoms with Crippen LogP contribution in [-0.2, 0) is 42.3 Å². The Labute approximate surface area is 369 Å². The number of hydrogen-bond acceptors (Lipinski definition) is 13. The van der Waals surface area contributed by atoms with Gasteiger partial charge < -0.3 is 40.5 Å². The van der Waals surface area contributed by atoms with Crippen LogP contribution in [0.4, 0.5) is 0 Å². The molecular formula is C46H78NO14P. The van der Waals surface area contributed by atoms with Crippen molar-refractivity contribution < 1.29 is 67.6 Å². The molecule has 356 valence electrons. The van der Waals surface area contributed by atoms with E-state index in [0.717, 1.165) is 64.2 Å². The lowest BCUT2D eigenvalue weighted by Gasteiger charge is -2.21. The number of carboxylic acids is 1. The quantitative estimate of drug-likeness (QED) is 0.0150. The fourth-order valence-corrected chi connectivity index (χ4v) is 7.61. The van der Waals surface area contributed by atoms with Crippen LogP contribution >= 0.6 is 7.82 Å². The van der Waals surface area contributed by atoms with E-state index in [0.29, 0.717) is 19.3 Å². The van der Waals surface area contributed by atoms with E-state index in [2.05, 4.69) is 54.8 Å². The summed E-state index contributed by atoms with van der Waals surface area (Å²) in [6, 6.07) is -1.59. The lowest BCUT2D eigenvalue weighted by Crippen LogP contribution is -2.34. The van der Waals surface area contributed by atoms with Crippen LogP contribution in [0.15, 0.2) is 48.6 Å². The van der Waals surface area contributed by atoms with Gasteiger partial charge >= 0.3 is 25.7 Å². The van der Waals surface area contributed by atoms with Crippen molar-refractivity contribution in [2.75, 3.05) is 19.8 Å². The van der Waals surface area contributed by atoms with Crippen molar-refractivity contribution in [3.05, 3.63) is 48.6 Å². The maximum absolute atomic E-state index is 12.9. The Balaban J connectivity index is 2.53. The van der Waals surface area contributed by atoms with Crippen LogP contribution in [0.25, 0.3) is 0 Å². The molecule has 0 heterocycles. The highest BCUT2D eigenvalue weighted by Gasteiger charge is 2.41. The SMILES string of the molecule is CCCCC/C=C\C/C=C\C/C=C\CCCCCCC(=O)OC[C@H](COP(=O)(O)OC[C@H](N)C(=O)O)OC(=O)CCCCC(=O)C[C@@H]1[C@@H](/C=C/[C@@H](O)CCCCC)[C@H](O)C[C@@H]1O. The second-order valence-corrected chi connectivity index (χ2v) is 17.6. The van der Waals surface area contributed by atoms with E-state index in [1.54, 1.807) is 12.2 Å². The Morgan fingerprint density at radius 1 is 0.726 bits per heavy atom. The molecule has 0 bridgehead atoms. The van der Waals surface area contributed by atoms with E-state index in [-0.39, 0.29) is 44.3 Å². The Bertz CT molecular complexity index is 1420. The van der Waals surface area contributed by atoms with Crippen molar-refractivity contribution in [2.24, 2.45) is 17.6 Å². The molecule has 1 aliphatic rings. The van der Waals surface area contributed by atoms with Crippen molar-refractivity contribution in [3.63, 3.8) is 0 Å². The molecule has 0 spiro atoms. The molecule has 15 nitrogen and oxygen atoms in total. The summed E-state index contributed by atoms with van der Waals surface area (Å²) in [5, 5.41) is 40.2. The lowest BCUT2D eigenvalue weighted by atomic mass is 9.87. The minimum atomic E-state index is -4.83. The highest BCUT2D eigenvalue weighted by Crippen LogP contribution is 2.43. The second kappa shape index (κ2) is 35.4. The molecule has 0 aromatic heterocycles. The maximum atomic E-state index is 12.9. The van der Waals surface area contributed by atoms with Crippen LogP contribution in [0, 0.1) is 11.8 Å². The third-order valence-electron chi connectivity index (χ3n) is 10.5. The highest BCUT2D eigenvalue weighted by atomic mass is 31.2. The molecule has 1 rings (SSSR count). The monoisotopic (exact) mass is 900 g/mol. The molecule has 62 heavy (non-hydrogen) atoms. The molecule has 1 saturated carbocycles. The smallest absolute Gasteiger partial charge is 0.472 e. The summed E-state index contributed by atoms with van der Waals surface area (Å²) in [7, 11) is -4.83. The molecule has 1 fully saturated rings. The van der Waals surface area contributed by atoms with Crippen molar-refractivity contribution in [1.82, 2.24) is 0 Å². The molecule has 0 aliphatic heterocycles. The van der Waals surface area contributed by atoms with Crippen LogP contribution in [0.1, 0.15) is 155 Å². The van der Waals surface area contributed by atoms with Crippen LogP contribution in [0.3, 0.4) is 0 Å². The number of carbonyl (C=O) groups excluding carboxylic acids is 3. The molecule has 16 heteroatoms. The van der Waals surface area contributed by atoms with E-state index in [1.807, 2.05) is 0 Å². The van der Waals surface area contributed by atoms with E-state index in [9.17, 15) is 44.0 Å². The van der Waals surface area contributed by atoms with E-state index in [4.69, 9.17) is 24.8 Å². The van der Waals surface area contributed by atoms with Crippen molar-refractivity contribution >= 4 is 31.5 Å². The highest BCUT2D eigenvalue weighted by molar-refractivity contribution is 7.47. The summed E-state index contributed by atoms with van der Waals surface area (Å²) < 4.78 is 32.6. The zero-order valence-electron chi connectivity index (χ0n) is 37.3. The van der Waals surface area contributed by atoms with Crippen LogP contribution in [0.5, 0.6) is 0 Å². The summed E-state index contributed by atoms with van der Waals surface area (Å²) in [6.07, 6.45) is 28.1. The summed E-state index contributed by atoms with van der Waals surface area (Å²) in [6.45, 7) is 2.26. The third-order valence-corrected chi connectivity index (χ3v) is 11.5. The van der Waals surface area contributed by atoms with Crippen molar-refractivity contribution in [3.8, 4) is 0 Å². The molecule has 0 radical (unpaired) electrons. The fourth-order valence-electron chi connectivity index (χ4n) is 6.83. The first kappa shape index (κ1) is 57.0. The molecule has 1 aliphatic carbocycles. The lowest BCUT2D eigenvalue weighted by molar-refractivity contribution is -0.161. The maximum Gasteiger partial charge on any atom is 0.472 e. The fraction of sp³-hybridized carbons (Fsp3) is 0.739. The number of allylic oxidation sites excluding steroid dienone is 6. The minimum Gasteiger partial charge on any atom is -0.480 e. The molecule has 0 aromatic rings. The van der Waals surface area contributed by atoms with Gasteiger partial charge in [0.1, 0.15) is 18.4 Å². The topological polar surface area (TPSA) is 249 Å². The van der Waals surface area contributed by atoms with Gasteiger partial charge in [0.2, 0.25) is 0 Å². The first-order chi connectivity index (χ1) is 29.7. The number of Topliss-reactive ketones (excluding diaryl/α,β-unsaturated/α-hetero) is 1. The summed E-state index contributed by atoms with van der Waals surface area (Å²) in [5.41, 5.74) is 5.32. The number of phosphoric ester groups is 1.